The van der Waals surface area contributed by atoms with Crippen LogP contribution in [0.1, 0.15) is 46.0 Å². The summed E-state index contributed by atoms with van der Waals surface area (Å²) in [7, 11) is 2.01. The van der Waals surface area contributed by atoms with Gasteiger partial charge in [-0.2, -0.15) is 0 Å². The van der Waals surface area contributed by atoms with Crippen LogP contribution in [0.3, 0.4) is 0 Å². The Bertz CT molecular complexity index is 282. The number of rotatable bonds is 2. The molecule has 0 radical (unpaired) electrons. The molecular formula is C14H26N2O. The maximum absolute atomic E-state index is 12.6. The zero-order chi connectivity index (χ0) is 12.5. The molecule has 1 amide bonds. The van der Waals surface area contributed by atoms with E-state index in [2.05, 4.69) is 19.2 Å². The van der Waals surface area contributed by atoms with E-state index in [0.29, 0.717) is 11.9 Å². The second kappa shape index (κ2) is 4.97. The zero-order valence-electron chi connectivity index (χ0n) is 11.5. The summed E-state index contributed by atoms with van der Waals surface area (Å²) < 4.78 is 0. The molecule has 3 nitrogen and oxygen atoms in total. The lowest BCUT2D eigenvalue weighted by molar-refractivity contribution is -0.139. The molecule has 2 rings (SSSR count). The van der Waals surface area contributed by atoms with Crippen LogP contribution < -0.4 is 5.32 Å². The van der Waals surface area contributed by atoms with Crippen LogP contribution in [-0.2, 0) is 4.79 Å². The minimum Gasteiger partial charge on any atom is -0.342 e. The molecule has 0 aromatic rings. The topological polar surface area (TPSA) is 32.3 Å². The Kier molecular flexibility index (Phi) is 3.76. The third-order valence-corrected chi connectivity index (χ3v) is 4.76. The summed E-state index contributed by atoms with van der Waals surface area (Å²) >= 11 is 0. The van der Waals surface area contributed by atoms with Crippen LogP contribution in [0.25, 0.3) is 0 Å². The van der Waals surface area contributed by atoms with Crippen LogP contribution >= 0.6 is 0 Å². The summed E-state index contributed by atoms with van der Waals surface area (Å²) in [6, 6.07) is 0.458. The number of nitrogens with zero attached hydrogens (tertiary/aromatic N) is 1. The molecular weight excluding hydrogens is 212 g/mol. The van der Waals surface area contributed by atoms with Gasteiger partial charge in [-0.3, -0.25) is 4.79 Å². The molecule has 98 valence electrons. The molecule has 1 N–H and O–H groups in total. The lowest BCUT2D eigenvalue weighted by Crippen LogP contribution is -2.47. The second-order valence-electron chi connectivity index (χ2n) is 6.36. The molecule has 1 saturated carbocycles. The summed E-state index contributed by atoms with van der Waals surface area (Å²) in [5, 5.41) is 3.36. The van der Waals surface area contributed by atoms with Crippen molar-refractivity contribution >= 4 is 5.91 Å². The fourth-order valence-electron chi connectivity index (χ4n) is 3.40. The molecule has 1 saturated heterocycles. The molecule has 1 aliphatic heterocycles. The smallest absolute Gasteiger partial charge is 0.226 e. The zero-order valence-corrected chi connectivity index (χ0v) is 11.5. The Morgan fingerprint density at radius 1 is 1.24 bits per heavy atom. The van der Waals surface area contributed by atoms with Gasteiger partial charge in [0, 0.05) is 19.0 Å². The summed E-state index contributed by atoms with van der Waals surface area (Å²) in [6.45, 7) is 6.60. The molecule has 3 heteroatoms. The second-order valence-corrected chi connectivity index (χ2v) is 6.36. The van der Waals surface area contributed by atoms with E-state index < -0.39 is 0 Å². The molecule has 1 aliphatic carbocycles. The van der Waals surface area contributed by atoms with Crippen LogP contribution in [0, 0.1) is 11.3 Å². The van der Waals surface area contributed by atoms with Gasteiger partial charge in [-0.05, 0) is 44.2 Å². The van der Waals surface area contributed by atoms with Gasteiger partial charge in [0.15, 0.2) is 0 Å². The largest absolute Gasteiger partial charge is 0.342 e. The third kappa shape index (κ3) is 2.65. The molecule has 2 aliphatic rings. The van der Waals surface area contributed by atoms with E-state index in [9.17, 15) is 4.79 Å². The number of carbonyl (C=O) groups is 1. The summed E-state index contributed by atoms with van der Waals surface area (Å²) in [5.74, 6) is 0.641. The van der Waals surface area contributed by atoms with Crippen LogP contribution in [0.4, 0.5) is 0 Å². The van der Waals surface area contributed by atoms with Crippen LogP contribution in [0.2, 0.25) is 0 Å². The first-order valence-electron chi connectivity index (χ1n) is 7.00. The van der Waals surface area contributed by atoms with Gasteiger partial charge < -0.3 is 10.2 Å². The highest BCUT2D eigenvalue weighted by atomic mass is 16.2. The quantitative estimate of drug-likeness (QED) is 0.798. The molecule has 0 aromatic carbocycles. The maximum atomic E-state index is 12.6. The standard InChI is InChI=1S/C14H26N2O/c1-14(2)8-4-5-12(14)13(17)16(3)11-6-9-15-10-7-11/h11-12,15H,4-10H2,1-3H3. The van der Waals surface area contributed by atoms with Crippen molar-refractivity contribution in [2.45, 2.75) is 52.0 Å². The van der Waals surface area contributed by atoms with Crippen molar-refractivity contribution < 1.29 is 4.79 Å². The fourth-order valence-corrected chi connectivity index (χ4v) is 3.40. The van der Waals surface area contributed by atoms with Gasteiger partial charge in [0.1, 0.15) is 0 Å². The van der Waals surface area contributed by atoms with Crippen LogP contribution in [0.5, 0.6) is 0 Å². The van der Waals surface area contributed by atoms with Gasteiger partial charge in [0.25, 0.3) is 0 Å². The normalized spacial score (nSPS) is 29.2. The molecule has 0 spiro atoms. The predicted molar refractivity (Wildman–Crippen MR) is 69.8 cm³/mol. The van der Waals surface area contributed by atoms with Gasteiger partial charge in [-0.15, -0.1) is 0 Å². The molecule has 0 aromatic heterocycles. The Morgan fingerprint density at radius 3 is 2.41 bits per heavy atom. The number of hydrogen-bond donors (Lipinski definition) is 1. The Hall–Kier alpha value is -0.570. The number of hydrogen-bond acceptors (Lipinski definition) is 2. The molecule has 0 bridgehead atoms. The van der Waals surface area contributed by atoms with E-state index in [1.807, 2.05) is 11.9 Å². The van der Waals surface area contributed by atoms with Gasteiger partial charge in [0.2, 0.25) is 5.91 Å². The molecule has 1 atom stereocenters. The predicted octanol–water partition coefficient (Wildman–Crippen LogP) is 2.02. The van der Waals surface area contributed by atoms with Crippen LogP contribution in [0.15, 0.2) is 0 Å². The van der Waals surface area contributed by atoms with E-state index in [1.54, 1.807) is 0 Å². The first-order chi connectivity index (χ1) is 8.02. The van der Waals surface area contributed by atoms with E-state index >= 15 is 0 Å². The molecule has 1 heterocycles. The Labute approximate surface area is 105 Å². The highest BCUT2D eigenvalue weighted by Crippen LogP contribution is 2.43. The van der Waals surface area contributed by atoms with Crippen molar-refractivity contribution in [2.75, 3.05) is 20.1 Å². The van der Waals surface area contributed by atoms with E-state index in [0.717, 1.165) is 32.4 Å². The van der Waals surface area contributed by atoms with Crippen molar-refractivity contribution in [2.24, 2.45) is 11.3 Å². The average molecular weight is 238 g/mol. The molecule has 17 heavy (non-hydrogen) atoms. The van der Waals surface area contributed by atoms with Gasteiger partial charge in [0.05, 0.1) is 0 Å². The lowest BCUT2D eigenvalue weighted by atomic mass is 9.81. The van der Waals surface area contributed by atoms with E-state index in [-0.39, 0.29) is 11.3 Å². The Balaban J connectivity index is 1.98. The van der Waals surface area contributed by atoms with Crippen molar-refractivity contribution in [1.29, 1.82) is 0 Å². The fraction of sp³-hybridized carbons (Fsp3) is 0.929. The third-order valence-electron chi connectivity index (χ3n) is 4.76. The van der Waals surface area contributed by atoms with Crippen molar-refractivity contribution in [3.8, 4) is 0 Å². The summed E-state index contributed by atoms with van der Waals surface area (Å²) in [6.07, 6.45) is 5.71. The monoisotopic (exact) mass is 238 g/mol. The molecule has 2 fully saturated rings. The number of nitrogens with one attached hydrogen (secondary N) is 1. The van der Waals surface area contributed by atoms with Gasteiger partial charge >= 0.3 is 0 Å². The average Bonchev–Trinajstić information content (AvgIpc) is 2.68. The minimum absolute atomic E-state index is 0.207. The van der Waals surface area contributed by atoms with Gasteiger partial charge in [-0.1, -0.05) is 20.3 Å². The van der Waals surface area contributed by atoms with E-state index in [1.165, 1.54) is 12.8 Å². The first-order valence-corrected chi connectivity index (χ1v) is 7.00. The van der Waals surface area contributed by atoms with E-state index in [4.69, 9.17) is 0 Å². The SMILES string of the molecule is CN(C(=O)C1CCCC1(C)C)C1CCNCC1. The first kappa shape index (κ1) is 12.9. The summed E-state index contributed by atoms with van der Waals surface area (Å²) in [5.41, 5.74) is 0.207. The maximum Gasteiger partial charge on any atom is 0.226 e. The lowest BCUT2D eigenvalue weighted by Gasteiger charge is -2.36. The highest BCUT2D eigenvalue weighted by molar-refractivity contribution is 5.80. The van der Waals surface area contributed by atoms with Crippen molar-refractivity contribution in [3.05, 3.63) is 0 Å². The van der Waals surface area contributed by atoms with Gasteiger partial charge in [-0.25, -0.2) is 0 Å². The minimum atomic E-state index is 0.207. The number of amides is 1. The summed E-state index contributed by atoms with van der Waals surface area (Å²) in [4.78, 5) is 14.6. The molecule has 1 unspecified atom stereocenters. The van der Waals surface area contributed by atoms with Crippen molar-refractivity contribution in [1.82, 2.24) is 10.2 Å². The highest BCUT2D eigenvalue weighted by Gasteiger charge is 2.41. The number of carbonyl (C=O) groups excluding carboxylic acids is 1. The Morgan fingerprint density at radius 2 is 1.88 bits per heavy atom. The van der Waals surface area contributed by atoms with Crippen molar-refractivity contribution in [3.63, 3.8) is 0 Å². The number of piperidine rings is 1. The van der Waals surface area contributed by atoms with Crippen LogP contribution in [-0.4, -0.2) is 37.0 Å².